The Labute approximate surface area is 195 Å². The van der Waals surface area contributed by atoms with Crippen LogP contribution in [0.3, 0.4) is 0 Å². The first-order valence-corrected chi connectivity index (χ1v) is 11.7. The van der Waals surface area contributed by atoms with Gasteiger partial charge in [-0.05, 0) is 49.1 Å². The van der Waals surface area contributed by atoms with Gasteiger partial charge in [-0.15, -0.1) is 10.2 Å². The third-order valence-corrected chi connectivity index (χ3v) is 6.78. The van der Waals surface area contributed by atoms with Crippen molar-refractivity contribution in [1.29, 1.82) is 0 Å². The van der Waals surface area contributed by atoms with Crippen LogP contribution in [0.4, 0.5) is 0 Å². The second-order valence-electron chi connectivity index (χ2n) is 7.55. The molecule has 6 nitrogen and oxygen atoms in total. The number of halogens is 1. The second-order valence-corrected chi connectivity index (χ2v) is 8.90. The summed E-state index contributed by atoms with van der Waals surface area (Å²) in [5.74, 6) is 1.29. The Morgan fingerprint density at radius 2 is 1.97 bits per heavy atom. The highest BCUT2D eigenvalue weighted by molar-refractivity contribution is 7.98. The lowest BCUT2D eigenvalue weighted by atomic mass is 10.0. The van der Waals surface area contributed by atoms with E-state index in [-0.39, 0.29) is 5.63 Å². The molecule has 0 spiro atoms. The molecule has 0 N–H and O–H groups in total. The Kier molecular flexibility index (Phi) is 6.98. The predicted molar refractivity (Wildman–Crippen MR) is 128 cm³/mol. The van der Waals surface area contributed by atoms with Crippen LogP contribution in [-0.4, -0.2) is 28.5 Å². The van der Waals surface area contributed by atoms with Crippen molar-refractivity contribution in [2.24, 2.45) is 0 Å². The molecule has 0 saturated heterocycles. The number of hydrogen-bond donors (Lipinski definition) is 0. The monoisotopic (exact) mass is 469 g/mol. The summed E-state index contributed by atoms with van der Waals surface area (Å²) in [6, 6.07) is 13.2. The lowest BCUT2D eigenvalue weighted by molar-refractivity contribution is 0.189. The normalized spacial score (nSPS) is 11.4. The van der Waals surface area contributed by atoms with Crippen molar-refractivity contribution < 1.29 is 9.15 Å². The molecule has 2 aromatic heterocycles. The lowest BCUT2D eigenvalue weighted by Gasteiger charge is -2.12. The van der Waals surface area contributed by atoms with E-state index in [4.69, 9.17) is 20.8 Å². The van der Waals surface area contributed by atoms with Crippen LogP contribution in [0, 0.1) is 13.8 Å². The molecule has 0 aliphatic rings. The van der Waals surface area contributed by atoms with Gasteiger partial charge in [0, 0.05) is 43.0 Å². The number of methoxy groups -OCH3 is 1. The number of aryl methyl sites for hydroxylation is 2. The highest BCUT2D eigenvalue weighted by Gasteiger charge is 2.17. The standard InChI is InChI=1S/C24H24ClN3O3S/c1-15-9-10-18-17(13-21(29)31-22(18)16(15)2)14-32-24-27-26-23(28(24)11-6-12-30-3)19-7-4-5-8-20(19)25/h4-5,7-10,13H,6,11-12,14H2,1-3H3. The maximum absolute atomic E-state index is 12.2. The molecule has 166 valence electrons. The van der Waals surface area contributed by atoms with Gasteiger partial charge < -0.3 is 13.7 Å². The van der Waals surface area contributed by atoms with Crippen molar-refractivity contribution in [3.8, 4) is 11.4 Å². The number of rotatable bonds is 8. The average molecular weight is 470 g/mol. The second kappa shape index (κ2) is 9.90. The molecular formula is C24H24ClN3O3S. The van der Waals surface area contributed by atoms with E-state index in [0.29, 0.717) is 29.5 Å². The summed E-state index contributed by atoms with van der Waals surface area (Å²) < 4.78 is 12.8. The quantitative estimate of drug-likeness (QED) is 0.188. The Balaban J connectivity index is 1.69. The van der Waals surface area contributed by atoms with E-state index in [9.17, 15) is 4.79 Å². The van der Waals surface area contributed by atoms with Gasteiger partial charge in [0.1, 0.15) is 5.58 Å². The van der Waals surface area contributed by atoms with E-state index in [2.05, 4.69) is 20.8 Å². The summed E-state index contributed by atoms with van der Waals surface area (Å²) in [6.07, 6.45) is 0.815. The van der Waals surface area contributed by atoms with Crippen LogP contribution in [0.2, 0.25) is 5.02 Å². The summed E-state index contributed by atoms with van der Waals surface area (Å²) in [4.78, 5) is 12.2. The van der Waals surface area contributed by atoms with E-state index in [1.165, 1.54) is 11.8 Å². The molecule has 0 bridgehead atoms. The molecule has 0 aliphatic carbocycles. The van der Waals surface area contributed by atoms with Crippen LogP contribution in [-0.2, 0) is 17.0 Å². The van der Waals surface area contributed by atoms with E-state index in [1.807, 2.05) is 44.2 Å². The minimum atomic E-state index is -0.347. The Morgan fingerprint density at radius 1 is 1.16 bits per heavy atom. The molecule has 2 heterocycles. The molecule has 4 aromatic rings. The summed E-state index contributed by atoms with van der Waals surface area (Å²) in [6.45, 7) is 5.31. The maximum Gasteiger partial charge on any atom is 0.336 e. The van der Waals surface area contributed by atoms with Gasteiger partial charge in [0.05, 0.1) is 5.02 Å². The van der Waals surface area contributed by atoms with Gasteiger partial charge in [0.25, 0.3) is 0 Å². The van der Waals surface area contributed by atoms with Crippen molar-refractivity contribution in [3.05, 3.63) is 74.6 Å². The van der Waals surface area contributed by atoms with Crippen molar-refractivity contribution in [3.63, 3.8) is 0 Å². The third-order valence-electron chi connectivity index (χ3n) is 5.44. The molecule has 0 atom stereocenters. The third kappa shape index (κ3) is 4.60. The number of benzene rings is 2. The molecule has 0 amide bonds. The van der Waals surface area contributed by atoms with Gasteiger partial charge in [-0.3, -0.25) is 0 Å². The topological polar surface area (TPSA) is 70.2 Å². The van der Waals surface area contributed by atoms with Crippen molar-refractivity contribution in [2.45, 2.75) is 37.7 Å². The Bertz CT molecular complexity index is 1320. The zero-order valence-corrected chi connectivity index (χ0v) is 19.8. The number of ether oxygens (including phenoxy) is 1. The molecule has 2 aromatic carbocycles. The lowest BCUT2D eigenvalue weighted by Crippen LogP contribution is -2.06. The van der Waals surface area contributed by atoms with Gasteiger partial charge in [0.15, 0.2) is 11.0 Å². The summed E-state index contributed by atoms with van der Waals surface area (Å²) in [7, 11) is 1.69. The van der Waals surface area contributed by atoms with Crippen molar-refractivity contribution >= 4 is 34.3 Å². The predicted octanol–water partition coefficient (Wildman–Crippen LogP) is 5.65. The van der Waals surface area contributed by atoms with Crippen LogP contribution in [0.25, 0.3) is 22.4 Å². The molecule has 0 fully saturated rings. The number of fused-ring (bicyclic) bond motifs is 1. The van der Waals surface area contributed by atoms with Crippen LogP contribution in [0.1, 0.15) is 23.1 Å². The van der Waals surface area contributed by atoms with Gasteiger partial charge >= 0.3 is 5.63 Å². The molecule has 4 rings (SSSR count). The molecule has 8 heteroatoms. The first kappa shape index (κ1) is 22.6. The number of nitrogens with zero attached hydrogens (tertiary/aromatic N) is 3. The van der Waals surface area contributed by atoms with E-state index in [1.54, 1.807) is 13.2 Å². The van der Waals surface area contributed by atoms with Gasteiger partial charge in [-0.25, -0.2) is 4.79 Å². The smallest absolute Gasteiger partial charge is 0.336 e. The summed E-state index contributed by atoms with van der Waals surface area (Å²) in [5, 5.41) is 11.2. The van der Waals surface area contributed by atoms with Gasteiger partial charge in [0.2, 0.25) is 0 Å². The fourth-order valence-corrected chi connectivity index (χ4v) is 4.77. The highest BCUT2D eigenvalue weighted by atomic mass is 35.5. The molecule has 0 aliphatic heterocycles. The minimum absolute atomic E-state index is 0.347. The largest absolute Gasteiger partial charge is 0.422 e. The van der Waals surface area contributed by atoms with E-state index < -0.39 is 0 Å². The fourth-order valence-electron chi connectivity index (χ4n) is 3.59. The average Bonchev–Trinajstić information content (AvgIpc) is 3.18. The Morgan fingerprint density at radius 3 is 2.75 bits per heavy atom. The van der Waals surface area contributed by atoms with Crippen LogP contribution in [0.5, 0.6) is 0 Å². The zero-order chi connectivity index (χ0) is 22.7. The van der Waals surface area contributed by atoms with E-state index >= 15 is 0 Å². The van der Waals surface area contributed by atoms with Crippen LogP contribution < -0.4 is 5.63 Å². The van der Waals surface area contributed by atoms with Gasteiger partial charge in [-0.1, -0.05) is 47.6 Å². The van der Waals surface area contributed by atoms with Crippen molar-refractivity contribution in [2.75, 3.05) is 13.7 Å². The van der Waals surface area contributed by atoms with Gasteiger partial charge in [-0.2, -0.15) is 0 Å². The molecule has 0 unspecified atom stereocenters. The van der Waals surface area contributed by atoms with Crippen LogP contribution >= 0.6 is 23.4 Å². The fraction of sp³-hybridized carbons (Fsp3) is 0.292. The van der Waals surface area contributed by atoms with E-state index in [0.717, 1.165) is 45.0 Å². The number of hydrogen-bond acceptors (Lipinski definition) is 6. The molecule has 32 heavy (non-hydrogen) atoms. The first-order chi connectivity index (χ1) is 15.5. The molecule has 0 saturated carbocycles. The number of aromatic nitrogens is 3. The SMILES string of the molecule is COCCCn1c(SCc2cc(=O)oc3c(C)c(C)ccc23)nnc1-c1ccccc1Cl. The summed E-state index contributed by atoms with van der Waals surface area (Å²) >= 11 is 7.96. The molecular weight excluding hydrogens is 446 g/mol. The zero-order valence-electron chi connectivity index (χ0n) is 18.2. The van der Waals surface area contributed by atoms with Crippen LogP contribution in [0.15, 0.2) is 56.8 Å². The van der Waals surface area contributed by atoms with Crippen molar-refractivity contribution in [1.82, 2.24) is 14.8 Å². The summed E-state index contributed by atoms with van der Waals surface area (Å²) in [5.41, 5.74) is 4.12. The number of thioether (sulfide) groups is 1. The first-order valence-electron chi connectivity index (χ1n) is 10.3. The highest BCUT2D eigenvalue weighted by Crippen LogP contribution is 2.32. The molecule has 0 radical (unpaired) electrons. The maximum atomic E-state index is 12.2. The Hall–Kier alpha value is -2.61. The minimum Gasteiger partial charge on any atom is -0.422 e.